The lowest BCUT2D eigenvalue weighted by molar-refractivity contribution is -0.0273. The van der Waals surface area contributed by atoms with Crippen molar-refractivity contribution in [2.75, 3.05) is 26.3 Å². The van der Waals surface area contributed by atoms with E-state index in [1.165, 1.54) is 12.0 Å². The van der Waals surface area contributed by atoms with E-state index in [0.29, 0.717) is 0 Å². The summed E-state index contributed by atoms with van der Waals surface area (Å²) in [7, 11) is 0. The molecule has 0 aliphatic carbocycles. The van der Waals surface area contributed by atoms with Gasteiger partial charge < -0.3 is 10.1 Å². The summed E-state index contributed by atoms with van der Waals surface area (Å²) in [6.07, 6.45) is 1.18. The molecule has 3 heteroatoms. The summed E-state index contributed by atoms with van der Waals surface area (Å²) >= 11 is 0. The van der Waals surface area contributed by atoms with Crippen molar-refractivity contribution in [1.29, 1.82) is 0 Å². The van der Waals surface area contributed by atoms with Gasteiger partial charge in [0.1, 0.15) is 0 Å². The summed E-state index contributed by atoms with van der Waals surface area (Å²) < 4.78 is 5.83. The first kappa shape index (κ1) is 13.1. The van der Waals surface area contributed by atoms with Gasteiger partial charge >= 0.3 is 0 Å². The third-order valence-corrected chi connectivity index (χ3v) is 4.13. The molecule has 0 bridgehead atoms. The van der Waals surface area contributed by atoms with Gasteiger partial charge in [0.25, 0.3) is 0 Å². The van der Waals surface area contributed by atoms with Crippen molar-refractivity contribution in [3.63, 3.8) is 0 Å². The van der Waals surface area contributed by atoms with Crippen LogP contribution in [0.5, 0.6) is 0 Å². The second kappa shape index (κ2) is 4.89. The van der Waals surface area contributed by atoms with Crippen molar-refractivity contribution in [3.8, 4) is 0 Å². The van der Waals surface area contributed by atoms with Gasteiger partial charge in [0.05, 0.1) is 18.8 Å². The molecule has 19 heavy (non-hydrogen) atoms. The van der Waals surface area contributed by atoms with Crippen molar-refractivity contribution in [2.45, 2.75) is 37.9 Å². The Morgan fingerprint density at radius 3 is 2.74 bits per heavy atom. The number of morpholine rings is 1. The van der Waals surface area contributed by atoms with Crippen LogP contribution in [0.2, 0.25) is 0 Å². The number of ether oxygens (including phenoxy) is 1. The van der Waals surface area contributed by atoms with Gasteiger partial charge in [-0.05, 0) is 25.8 Å². The van der Waals surface area contributed by atoms with Crippen molar-refractivity contribution < 1.29 is 4.74 Å². The first-order valence-corrected chi connectivity index (χ1v) is 7.20. The highest BCUT2D eigenvalue weighted by Crippen LogP contribution is 2.29. The maximum atomic E-state index is 5.83. The minimum absolute atomic E-state index is 0.0982. The molecular formula is C16H24N2O. The van der Waals surface area contributed by atoms with Crippen LogP contribution in [-0.2, 0) is 11.3 Å². The zero-order valence-electron chi connectivity index (χ0n) is 12.0. The van der Waals surface area contributed by atoms with Crippen LogP contribution in [0.3, 0.4) is 0 Å². The Balaban J connectivity index is 1.64. The number of rotatable bonds is 2. The maximum Gasteiger partial charge on any atom is 0.0662 e. The third-order valence-electron chi connectivity index (χ3n) is 4.13. The van der Waals surface area contributed by atoms with Gasteiger partial charge in [-0.15, -0.1) is 0 Å². The van der Waals surface area contributed by atoms with Gasteiger partial charge in [-0.3, -0.25) is 4.90 Å². The summed E-state index contributed by atoms with van der Waals surface area (Å²) in [5.41, 5.74) is 1.66. The number of benzene rings is 1. The van der Waals surface area contributed by atoms with Crippen LogP contribution in [0.15, 0.2) is 30.3 Å². The zero-order chi connectivity index (χ0) is 13.3. The fourth-order valence-electron chi connectivity index (χ4n) is 3.45. The molecule has 3 rings (SSSR count). The second-order valence-electron chi connectivity index (χ2n) is 6.73. The molecule has 2 aliphatic heterocycles. The molecule has 1 N–H and O–H groups in total. The van der Waals surface area contributed by atoms with Gasteiger partial charge in [0, 0.05) is 25.2 Å². The molecule has 2 aliphatic rings. The summed E-state index contributed by atoms with van der Waals surface area (Å²) in [6, 6.07) is 10.7. The van der Waals surface area contributed by atoms with E-state index in [2.05, 4.69) is 54.4 Å². The van der Waals surface area contributed by atoms with Crippen LogP contribution >= 0.6 is 0 Å². The zero-order valence-corrected chi connectivity index (χ0v) is 12.0. The lowest BCUT2D eigenvalue weighted by Gasteiger charge is -2.44. The van der Waals surface area contributed by atoms with E-state index in [0.717, 1.165) is 32.8 Å². The summed E-state index contributed by atoms with van der Waals surface area (Å²) in [5.74, 6) is 0. The molecule has 0 amide bonds. The number of hydrogen-bond donors (Lipinski definition) is 1. The molecule has 1 aromatic carbocycles. The summed E-state index contributed by atoms with van der Waals surface area (Å²) in [4.78, 5) is 2.53. The lowest BCUT2D eigenvalue weighted by atomic mass is 9.92. The second-order valence-corrected chi connectivity index (χ2v) is 6.73. The average Bonchev–Trinajstić information content (AvgIpc) is 2.71. The highest BCUT2D eigenvalue weighted by atomic mass is 16.5. The molecule has 1 unspecified atom stereocenters. The SMILES string of the molecule is CC1(C)COCC2(CCN(Cc3ccccc3)C2)N1. The Hall–Kier alpha value is -0.900. The van der Waals surface area contributed by atoms with Crippen LogP contribution in [0.1, 0.15) is 25.8 Å². The Morgan fingerprint density at radius 2 is 2.00 bits per heavy atom. The van der Waals surface area contributed by atoms with Crippen LogP contribution < -0.4 is 5.32 Å². The Kier molecular flexibility index (Phi) is 3.37. The molecule has 0 aromatic heterocycles. The Labute approximate surface area is 115 Å². The minimum atomic E-state index is 0.0982. The molecule has 2 fully saturated rings. The van der Waals surface area contributed by atoms with E-state index >= 15 is 0 Å². The fraction of sp³-hybridized carbons (Fsp3) is 0.625. The number of nitrogens with zero attached hydrogens (tertiary/aromatic N) is 1. The Bertz CT molecular complexity index is 432. The molecule has 3 nitrogen and oxygen atoms in total. The normalized spacial score (nSPS) is 30.8. The molecule has 0 saturated carbocycles. The molecule has 2 heterocycles. The van der Waals surface area contributed by atoms with Gasteiger partial charge in [0.2, 0.25) is 0 Å². The van der Waals surface area contributed by atoms with Crippen LogP contribution in [0, 0.1) is 0 Å². The van der Waals surface area contributed by atoms with E-state index in [-0.39, 0.29) is 11.1 Å². The van der Waals surface area contributed by atoms with Crippen molar-refractivity contribution >= 4 is 0 Å². The minimum Gasteiger partial charge on any atom is -0.378 e. The monoisotopic (exact) mass is 260 g/mol. The van der Waals surface area contributed by atoms with Crippen molar-refractivity contribution in [3.05, 3.63) is 35.9 Å². The number of hydrogen-bond acceptors (Lipinski definition) is 3. The number of nitrogens with one attached hydrogen (secondary N) is 1. The molecule has 0 radical (unpaired) electrons. The quantitative estimate of drug-likeness (QED) is 0.880. The molecule has 2 saturated heterocycles. The summed E-state index contributed by atoms with van der Waals surface area (Å²) in [6.45, 7) is 9.41. The van der Waals surface area contributed by atoms with Crippen molar-refractivity contribution in [2.24, 2.45) is 0 Å². The van der Waals surface area contributed by atoms with E-state index in [9.17, 15) is 0 Å². The van der Waals surface area contributed by atoms with E-state index in [1.54, 1.807) is 0 Å². The van der Waals surface area contributed by atoms with Crippen molar-refractivity contribution in [1.82, 2.24) is 10.2 Å². The summed E-state index contributed by atoms with van der Waals surface area (Å²) in [5, 5.41) is 3.82. The molecule has 1 aromatic rings. The van der Waals surface area contributed by atoms with E-state index < -0.39 is 0 Å². The third kappa shape index (κ3) is 2.99. The van der Waals surface area contributed by atoms with Gasteiger partial charge in [0.15, 0.2) is 0 Å². The number of likely N-dealkylation sites (tertiary alicyclic amines) is 1. The topological polar surface area (TPSA) is 24.5 Å². The predicted octanol–water partition coefficient (Wildman–Crippen LogP) is 2.03. The highest BCUT2D eigenvalue weighted by molar-refractivity contribution is 5.15. The molecular weight excluding hydrogens is 236 g/mol. The van der Waals surface area contributed by atoms with Gasteiger partial charge in [-0.1, -0.05) is 30.3 Å². The first-order valence-electron chi connectivity index (χ1n) is 7.20. The van der Waals surface area contributed by atoms with E-state index in [1.807, 2.05) is 0 Å². The van der Waals surface area contributed by atoms with Gasteiger partial charge in [-0.25, -0.2) is 0 Å². The van der Waals surface area contributed by atoms with Crippen LogP contribution in [0.4, 0.5) is 0 Å². The smallest absolute Gasteiger partial charge is 0.0662 e. The first-order chi connectivity index (χ1) is 9.07. The standard InChI is InChI=1S/C16H24N2O/c1-15(2)12-19-13-16(17-15)8-9-18(11-16)10-14-6-4-3-5-7-14/h3-7,17H,8-13H2,1-2H3. The predicted molar refractivity (Wildman–Crippen MR) is 77.1 cm³/mol. The van der Waals surface area contributed by atoms with Crippen LogP contribution in [-0.4, -0.2) is 42.3 Å². The molecule has 104 valence electrons. The molecule has 1 atom stereocenters. The fourth-order valence-corrected chi connectivity index (χ4v) is 3.45. The van der Waals surface area contributed by atoms with Crippen LogP contribution in [0.25, 0.3) is 0 Å². The maximum absolute atomic E-state index is 5.83. The highest BCUT2D eigenvalue weighted by Gasteiger charge is 2.44. The Morgan fingerprint density at radius 1 is 1.21 bits per heavy atom. The largest absolute Gasteiger partial charge is 0.378 e. The van der Waals surface area contributed by atoms with Gasteiger partial charge in [-0.2, -0.15) is 0 Å². The van der Waals surface area contributed by atoms with E-state index in [4.69, 9.17) is 4.74 Å². The molecule has 1 spiro atoms. The average molecular weight is 260 g/mol. The lowest BCUT2D eigenvalue weighted by Crippen LogP contribution is -2.64.